The van der Waals surface area contributed by atoms with Crippen molar-refractivity contribution in [1.29, 1.82) is 0 Å². The highest BCUT2D eigenvalue weighted by molar-refractivity contribution is 5.40. The van der Waals surface area contributed by atoms with Gasteiger partial charge in [0.15, 0.2) is 0 Å². The Hall–Kier alpha value is -1.91. The Morgan fingerprint density at radius 2 is 2.07 bits per heavy atom. The van der Waals surface area contributed by atoms with Crippen LogP contribution in [0.25, 0.3) is 0 Å². The van der Waals surface area contributed by atoms with Crippen molar-refractivity contribution in [1.82, 2.24) is 20.0 Å². The van der Waals surface area contributed by atoms with Crippen molar-refractivity contribution in [2.75, 3.05) is 11.9 Å². The first-order chi connectivity index (χ1) is 6.95. The lowest BCUT2D eigenvalue weighted by atomic mass is 10.4. The van der Waals surface area contributed by atoms with Crippen LogP contribution < -0.4 is 5.32 Å². The summed E-state index contributed by atoms with van der Waals surface area (Å²) in [6.45, 7) is 1.63. The molecule has 0 atom stereocenters. The molecule has 0 saturated carbocycles. The molecule has 0 bridgehead atoms. The lowest BCUT2D eigenvalue weighted by Crippen LogP contribution is -2.10. The van der Waals surface area contributed by atoms with Crippen LogP contribution in [0.1, 0.15) is 0 Å². The molecular weight excluding hydrogens is 178 g/mol. The van der Waals surface area contributed by atoms with E-state index in [-0.39, 0.29) is 0 Å². The third-order valence-electron chi connectivity index (χ3n) is 1.82. The molecule has 0 aromatic carbocycles. The van der Waals surface area contributed by atoms with Gasteiger partial charge in [-0.15, -0.1) is 5.10 Å². The van der Waals surface area contributed by atoms with E-state index in [2.05, 4.69) is 20.6 Å². The summed E-state index contributed by atoms with van der Waals surface area (Å²) in [5.74, 6) is 0. The third kappa shape index (κ3) is 2.29. The topological polar surface area (TPSA) is 55.6 Å². The number of anilines is 1. The average molecular weight is 189 g/mol. The maximum absolute atomic E-state index is 3.94. The molecule has 72 valence electrons. The SMILES string of the molecule is c1cc(NCCn2ccnn2)ccn1. The predicted octanol–water partition coefficient (Wildman–Crippen LogP) is 0.785. The largest absolute Gasteiger partial charge is 0.383 e. The van der Waals surface area contributed by atoms with Crippen LogP contribution >= 0.6 is 0 Å². The van der Waals surface area contributed by atoms with E-state index >= 15 is 0 Å². The Kier molecular flexibility index (Phi) is 2.70. The fraction of sp³-hybridized carbons (Fsp3) is 0.222. The maximum Gasteiger partial charge on any atom is 0.0692 e. The maximum atomic E-state index is 3.94. The Morgan fingerprint density at radius 3 is 2.79 bits per heavy atom. The molecule has 5 nitrogen and oxygen atoms in total. The molecule has 0 aliphatic rings. The summed E-state index contributed by atoms with van der Waals surface area (Å²) in [6.07, 6.45) is 7.04. The molecule has 0 unspecified atom stereocenters. The van der Waals surface area contributed by atoms with Gasteiger partial charge in [-0.2, -0.15) is 0 Å². The summed E-state index contributed by atoms with van der Waals surface area (Å²) < 4.78 is 1.79. The molecular formula is C9H11N5. The molecule has 2 aromatic heterocycles. The Bertz CT molecular complexity index is 356. The second-order valence-corrected chi connectivity index (χ2v) is 2.83. The zero-order chi connectivity index (χ0) is 9.64. The van der Waals surface area contributed by atoms with E-state index in [1.165, 1.54) is 0 Å². The number of nitrogens with one attached hydrogen (secondary N) is 1. The first kappa shape index (κ1) is 8.68. The van der Waals surface area contributed by atoms with Gasteiger partial charge in [0.2, 0.25) is 0 Å². The summed E-state index contributed by atoms with van der Waals surface area (Å²) in [6, 6.07) is 3.86. The van der Waals surface area contributed by atoms with Crippen LogP contribution in [0.2, 0.25) is 0 Å². The molecule has 0 aliphatic heterocycles. The van der Waals surface area contributed by atoms with E-state index in [0.717, 1.165) is 18.8 Å². The number of pyridine rings is 1. The Labute approximate surface area is 81.8 Å². The van der Waals surface area contributed by atoms with E-state index in [4.69, 9.17) is 0 Å². The van der Waals surface area contributed by atoms with Gasteiger partial charge in [-0.25, -0.2) is 0 Å². The minimum Gasteiger partial charge on any atom is -0.383 e. The van der Waals surface area contributed by atoms with E-state index in [0.29, 0.717) is 0 Å². The van der Waals surface area contributed by atoms with Crippen molar-refractivity contribution in [2.24, 2.45) is 0 Å². The molecule has 0 spiro atoms. The van der Waals surface area contributed by atoms with Gasteiger partial charge in [0.05, 0.1) is 12.7 Å². The summed E-state index contributed by atoms with van der Waals surface area (Å²) in [5, 5.41) is 10.8. The predicted molar refractivity (Wildman–Crippen MR) is 52.7 cm³/mol. The summed E-state index contributed by atoms with van der Waals surface area (Å²) in [4.78, 5) is 3.94. The summed E-state index contributed by atoms with van der Waals surface area (Å²) in [5.41, 5.74) is 1.07. The second-order valence-electron chi connectivity index (χ2n) is 2.83. The van der Waals surface area contributed by atoms with E-state index in [9.17, 15) is 0 Å². The van der Waals surface area contributed by atoms with Crippen molar-refractivity contribution >= 4 is 5.69 Å². The van der Waals surface area contributed by atoms with Crippen LogP contribution in [-0.2, 0) is 6.54 Å². The molecule has 14 heavy (non-hydrogen) atoms. The average Bonchev–Trinajstić information content (AvgIpc) is 2.72. The van der Waals surface area contributed by atoms with Crippen LogP contribution in [0.5, 0.6) is 0 Å². The number of rotatable bonds is 4. The van der Waals surface area contributed by atoms with Crippen LogP contribution in [0.3, 0.4) is 0 Å². The normalized spacial score (nSPS) is 10.0. The molecule has 0 radical (unpaired) electrons. The molecule has 0 aliphatic carbocycles. The molecule has 2 rings (SSSR count). The van der Waals surface area contributed by atoms with E-state index in [1.54, 1.807) is 23.3 Å². The van der Waals surface area contributed by atoms with Crippen LogP contribution in [0.15, 0.2) is 36.9 Å². The highest BCUT2D eigenvalue weighted by Crippen LogP contribution is 2.01. The summed E-state index contributed by atoms with van der Waals surface area (Å²) in [7, 11) is 0. The molecule has 2 heterocycles. The van der Waals surface area contributed by atoms with E-state index < -0.39 is 0 Å². The molecule has 2 aromatic rings. The molecule has 1 N–H and O–H groups in total. The van der Waals surface area contributed by atoms with E-state index in [1.807, 2.05) is 18.3 Å². The first-order valence-corrected chi connectivity index (χ1v) is 4.43. The van der Waals surface area contributed by atoms with Crippen LogP contribution in [0.4, 0.5) is 5.69 Å². The van der Waals surface area contributed by atoms with Gasteiger partial charge < -0.3 is 5.32 Å². The summed E-state index contributed by atoms with van der Waals surface area (Å²) >= 11 is 0. The van der Waals surface area contributed by atoms with Gasteiger partial charge in [0.25, 0.3) is 0 Å². The lowest BCUT2D eigenvalue weighted by molar-refractivity contribution is 0.609. The Balaban J connectivity index is 1.79. The Morgan fingerprint density at radius 1 is 1.21 bits per heavy atom. The van der Waals surface area contributed by atoms with Gasteiger partial charge in [-0.3, -0.25) is 9.67 Å². The van der Waals surface area contributed by atoms with Crippen molar-refractivity contribution in [3.8, 4) is 0 Å². The molecule has 5 heteroatoms. The van der Waals surface area contributed by atoms with Gasteiger partial charge >= 0.3 is 0 Å². The van der Waals surface area contributed by atoms with Crippen molar-refractivity contribution in [3.05, 3.63) is 36.9 Å². The van der Waals surface area contributed by atoms with Crippen LogP contribution in [-0.4, -0.2) is 26.5 Å². The van der Waals surface area contributed by atoms with Gasteiger partial charge in [-0.05, 0) is 12.1 Å². The highest BCUT2D eigenvalue weighted by Gasteiger charge is 1.91. The molecule has 0 saturated heterocycles. The second kappa shape index (κ2) is 4.36. The minimum atomic E-state index is 0.808. The quantitative estimate of drug-likeness (QED) is 0.772. The fourth-order valence-electron chi connectivity index (χ4n) is 1.14. The zero-order valence-corrected chi connectivity index (χ0v) is 7.67. The number of aromatic nitrogens is 4. The molecule has 0 fully saturated rings. The van der Waals surface area contributed by atoms with Gasteiger partial charge in [-0.1, -0.05) is 5.21 Å². The van der Waals surface area contributed by atoms with Crippen molar-refractivity contribution in [2.45, 2.75) is 6.54 Å². The minimum absolute atomic E-state index is 0.808. The lowest BCUT2D eigenvalue weighted by Gasteiger charge is -2.04. The number of hydrogen-bond acceptors (Lipinski definition) is 4. The van der Waals surface area contributed by atoms with Gasteiger partial charge in [0, 0.05) is 30.8 Å². The smallest absolute Gasteiger partial charge is 0.0692 e. The number of nitrogens with zero attached hydrogens (tertiary/aromatic N) is 4. The monoisotopic (exact) mass is 189 g/mol. The standard InChI is InChI=1S/C9H11N5/c1-3-10-4-2-9(1)11-5-7-14-8-6-12-13-14/h1-4,6,8H,5,7H2,(H,10,11). The zero-order valence-electron chi connectivity index (χ0n) is 7.67. The fourth-order valence-corrected chi connectivity index (χ4v) is 1.14. The molecule has 0 amide bonds. The number of hydrogen-bond donors (Lipinski definition) is 1. The van der Waals surface area contributed by atoms with Crippen LogP contribution in [0, 0.1) is 0 Å². The first-order valence-electron chi connectivity index (χ1n) is 4.43. The van der Waals surface area contributed by atoms with Crippen molar-refractivity contribution < 1.29 is 0 Å². The van der Waals surface area contributed by atoms with Gasteiger partial charge in [0.1, 0.15) is 0 Å². The highest BCUT2D eigenvalue weighted by atomic mass is 15.4. The van der Waals surface area contributed by atoms with Crippen molar-refractivity contribution in [3.63, 3.8) is 0 Å². The third-order valence-corrected chi connectivity index (χ3v) is 1.82.